The molecular weight excluding hydrogens is 250 g/mol. The molecular formula is C16H21N3O. The average Bonchev–Trinajstić information content (AvgIpc) is 2.49. The second-order valence-electron chi connectivity index (χ2n) is 5.68. The van der Waals surface area contributed by atoms with E-state index in [1.54, 1.807) is 6.20 Å². The highest BCUT2D eigenvalue weighted by Crippen LogP contribution is 2.29. The van der Waals surface area contributed by atoms with E-state index in [1.807, 2.05) is 24.4 Å². The van der Waals surface area contributed by atoms with E-state index in [9.17, 15) is 5.11 Å². The molecule has 0 saturated heterocycles. The van der Waals surface area contributed by atoms with E-state index < -0.39 is 0 Å². The van der Waals surface area contributed by atoms with E-state index >= 15 is 0 Å². The number of hydrogen-bond acceptors (Lipinski definition) is 4. The van der Waals surface area contributed by atoms with Gasteiger partial charge in [-0.3, -0.25) is 4.98 Å². The van der Waals surface area contributed by atoms with Crippen molar-refractivity contribution in [3.05, 3.63) is 30.6 Å². The van der Waals surface area contributed by atoms with Gasteiger partial charge in [0.05, 0.1) is 6.10 Å². The summed E-state index contributed by atoms with van der Waals surface area (Å²) in [6.45, 7) is 0.945. The van der Waals surface area contributed by atoms with Crippen LogP contribution in [0.2, 0.25) is 0 Å². The summed E-state index contributed by atoms with van der Waals surface area (Å²) in [5.41, 5.74) is 7.87. The lowest BCUT2D eigenvalue weighted by molar-refractivity contribution is 0.111. The number of aliphatic hydroxyl groups is 1. The van der Waals surface area contributed by atoms with Crippen LogP contribution in [0.4, 0.5) is 11.4 Å². The Hall–Kier alpha value is -1.81. The summed E-state index contributed by atoms with van der Waals surface area (Å²) >= 11 is 0. The summed E-state index contributed by atoms with van der Waals surface area (Å²) in [6, 6.07) is 5.92. The number of aliphatic hydroxyl groups excluding tert-OH is 1. The predicted octanol–water partition coefficient (Wildman–Crippen LogP) is 2.78. The van der Waals surface area contributed by atoms with Crippen molar-refractivity contribution in [2.75, 3.05) is 17.6 Å². The second-order valence-corrected chi connectivity index (χ2v) is 5.68. The van der Waals surface area contributed by atoms with Crippen LogP contribution in [0.5, 0.6) is 0 Å². The fraction of sp³-hybridized carbons (Fsp3) is 0.438. The molecule has 1 saturated carbocycles. The van der Waals surface area contributed by atoms with E-state index in [4.69, 9.17) is 5.73 Å². The van der Waals surface area contributed by atoms with Crippen molar-refractivity contribution in [2.24, 2.45) is 5.92 Å². The number of aromatic nitrogens is 1. The first kappa shape index (κ1) is 13.2. The van der Waals surface area contributed by atoms with Gasteiger partial charge in [0.1, 0.15) is 0 Å². The van der Waals surface area contributed by atoms with Crippen molar-refractivity contribution in [2.45, 2.75) is 31.8 Å². The highest BCUT2D eigenvalue weighted by Gasteiger charge is 2.19. The second kappa shape index (κ2) is 5.67. The molecule has 1 heterocycles. The van der Waals surface area contributed by atoms with Crippen molar-refractivity contribution in [1.29, 1.82) is 0 Å². The Balaban J connectivity index is 1.73. The van der Waals surface area contributed by atoms with Crippen LogP contribution in [-0.4, -0.2) is 22.7 Å². The lowest BCUT2D eigenvalue weighted by Gasteiger charge is -2.26. The molecule has 0 radical (unpaired) electrons. The van der Waals surface area contributed by atoms with Crippen LogP contribution in [-0.2, 0) is 0 Å². The molecule has 4 N–H and O–H groups in total. The molecule has 106 valence electrons. The zero-order valence-corrected chi connectivity index (χ0v) is 11.5. The minimum atomic E-state index is -0.0900. The maximum absolute atomic E-state index is 9.54. The number of hydrogen-bond donors (Lipinski definition) is 3. The zero-order valence-electron chi connectivity index (χ0n) is 11.5. The van der Waals surface area contributed by atoms with Crippen molar-refractivity contribution < 1.29 is 5.11 Å². The highest BCUT2D eigenvalue weighted by molar-refractivity contribution is 6.00. The summed E-state index contributed by atoms with van der Waals surface area (Å²) in [5.74, 6) is 0.641. The third-order valence-electron chi connectivity index (χ3n) is 4.25. The summed E-state index contributed by atoms with van der Waals surface area (Å²) in [6.07, 6.45) is 7.59. The van der Waals surface area contributed by atoms with Gasteiger partial charge < -0.3 is 16.2 Å². The minimum absolute atomic E-state index is 0.0900. The molecule has 1 aromatic carbocycles. The fourth-order valence-corrected chi connectivity index (χ4v) is 2.97. The average molecular weight is 271 g/mol. The molecule has 4 nitrogen and oxygen atoms in total. The Morgan fingerprint density at radius 1 is 1.15 bits per heavy atom. The Kier molecular flexibility index (Phi) is 3.74. The Morgan fingerprint density at radius 3 is 2.75 bits per heavy atom. The van der Waals surface area contributed by atoms with Crippen molar-refractivity contribution in [3.8, 4) is 0 Å². The molecule has 4 heteroatoms. The third kappa shape index (κ3) is 2.70. The molecule has 20 heavy (non-hydrogen) atoms. The molecule has 1 fully saturated rings. The Bertz CT molecular complexity index is 591. The highest BCUT2D eigenvalue weighted by atomic mass is 16.3. The fourth-order valence-electron chi connectivity index (χ4n) is 2.97. The van der Waals surface area contributed by atoms with Crippen LogP contribution < -0.4 is 11.1 Å². The van der Waals surface area contributed by atoms with Gasteiger partial charge in [-0.1, -0.05) is 0 Å². The lowest BCUT2D eigenvalue weighted by Crippen LogP contribution is -2.23. The number of nitrogen functional groups attached to an aromatic ring is 1. The summed E-state index contributed by atoms with van der Waals surface area (Å²) in [4.78, 5) is 4.19. The van der Waals surface area contributed by atoms with Crippen LogP contribution in [0.15, 0.2) is 30.6 Å². The third-order valence-corrected chi connectivity index (χ3v) is 4.25. The van der Waals surface area contributed by atoms with Gasteiger partial charge in [0, 0.05) is 41.1 Å². The van der Waals surface area contributed by atoms with E-state index in [0.29, 0.717) is 5.92 Å². The number of nitrogens with one attached hydrogen (secondary N) is 1. The Labute approximate surface area is 119 Å². The number of anilines is 2. The smallest absolute Gasteiger partial charge is 0.0540 e. The predicted molar refractivity (Wildman–Crippen MR) is 82.6 cm³/mol. The molecule has 0 bridgehead atoms. The van der Waals surface area contributed by atoms with Crippen LogP contribution in [0.25, 0.3) is 10.8 Å². The molecule has 3 rings (SSSR count). The van der Waals surface area contributed by atoms with Gasteiger partial charge >= 0.3 is 0 Å². The zero-order chi connectivity index (χ0) is 13.9. The van der Waals surface area contributed by atoms with Crippen molar-refractivity contribution in [3.63, 3.8) is 0 Å². The number of fused-ring (bicyclic) bond motifs is 1. The van der Waals surface area contributed by atoms with E-state index in [2.05, 4.69) is 10.3 Å². The van der Waals surface area contributed by atoms with Gasteiger partial charge in [-0.25, -0.2) is 0 Å². The topological polar surface area (TPSA) is 71.2 Å². The standard InChI is InChI=1S/C16H21N3O/c17-15-5-6-16(14-10-18-8-7-13(14)15)19-9-11-1-3-12(20)4-2-11/h5-8,10-12,19-20H,1-4,9,17H2. The normalized spacial score (nSPS) is 22.9. The number of nitrogens with zero attached hydrogens (tertiary/aromatic N) is 1. The summed E-state index contributed by atoms with van der Waals surface area (Å²) in [7, 11) is 0. The first-order chi connectivity index (χ1) is 9.74. The first-order valence-corrected chi connectivity index (χ1v) is 7.28. The van der Waals surface area contributed by atoms with Crippen LogP contribution >= 0.6 is 0 Å². The van der Waals surface area contributed by atoms with Crippen LogP contribution in [0.1, 0.15) is 25.7 Å². The van der Waals surface area contributed by atoms with E-state index in [1.165, 1.54) is 0 Å². The molecule has 0 amide bonds. The molecule has 2 aromatic rings. The quantitative estimate of drug-likeness (QED) is 0.751. The largest absolute Gasteiger partial charge is 0.398 e. The Morgan fingerprint density at radius 2 is 1.95 bits per heavy atom. The van der Waals surface area contributed by atoms with Gasteiger partial charge in [-0.15, -0.1) is 0 Å². The number of nitrogens with two attached hydrogens (primary N) is 1. The maximum Gasteiger partial charge on any atom is 0.0540 e. The summed E-state index contributed by atoms with van der Waals surface area (Å²) in [5, 5.41) is 15.2. The van der Waals surface area contributed by atoms with Gasteiger partial charge in [0.2, 0.25) is 0 Å². The molecule has 1 aliphatic rings. The molecule has 1 aliphatic carbocycles. The van der Waals surface area contributed by atoms with E-state index in [0.717, 1.165) is 54.4 Å². The van der Waals surface area contributed by atoms with E-state index in [-0.39, 0.29) is 6.10 Å². The summed E-state index contributed by atoms with van der Waals surface area (Å²) < 4.78 is 0. The SMILES string of the molecule is Nc1ccc(NCC2CCC(O)CC2)c2cnccc12. The van der Waals surface area contributed by atoms with Crippen LogP contribution in [0.3, 0.4) is 0 Å². The molecule has 0 atom stereocenters. The first-order valence-electron chi connectivity index (χ1n) is 7.28. The minimum Gasteiger partial charge on any atom is -0.398 e. The molecule has 0 unspecified atom stereocenters. The molecule has 0 aliphatic heterocycles. The van der Waals surface area contributed by atoms with Gasteiger partial charge in [0.15, 0.2) is 0 Å². The van der Waals surface area contributed by atoms with Gasteiger partial charge in [-0.05, 0) is 49.8 Å². The number of benzene rings is 1. The molecule has 1 aromatic heterocycles. The van der Waals surface area contributed by atoms with Crippen LogP contribution in [0, 0.1) is 5.92 Å². The number of rotatable bonds is 3. The monoisotopic (exact) mass is 271 g/mol. The number of pyridine rings is 1. The van der Waals surface area contributed by atoms with Gasteiger partial charge in [0.25, 0.3) is 0 Å². The molecule has 0 spiro atoms. The maximum atomic E-state index is 9.54. The van der Waals surface area contributed by atoms with Gasteiger partial charge in [-0.2, -0.15) is 0 Å². The van der Waals surface area contributed by atoms with Crippen molar-refractivity contribution in [1.82, 2.24) is 4.98 Å². The van der Waals surface area contributed by atoms with Crippen molar-refractivity contribution >= 4 is 22.1 Å². The lowest BCUT2D eigenvalue weighted by atomic mass is 9.87.